The first-order chi connectivity index (χ1) is 12.5. The van der Waals surface area contributed by atoms with Gasteiger partial charge in [0.1, 0.15) is 5.69 Å². The van der Waals surface area contributed by atoms with Crippen molar-refractivity contribution >= 4 is 11.7 Å². The SMILES string of the molecule is Cc1c(C(=O)N2C[C@@H](Cc3cnccn3)[C@H](O)C2)[nH]c2c1C(=O)CCC2. The minimum Gasteiger partial charge on any atom is -0.391 e. The van der Waals surface area contributed by atoms with E-state index in [1.54, 1.807) is 23.5 Å². The van der Waals surface area contributed by atoms with Crippen molar-refractivity contribution in [1.29, 1.82) is 0 Å². The number of likely N-dealkylation sites (tertiary alicyclic amines) is 1. The number of hydrogen-bond acceptors (Lipinski definition) is 5. The number of carbonyl (C=O) groups is 2. The molecule has 3 heterocycles. The topological polar surface area (TPSA) is 99.2 Å². The highest BCUT2D eigenvalue weighted by Gasteiger charge is 2.36. The molecule has 7 heteroatoms. The molecule has 0 bridgehead atoms. The van der Waals surface area contributed by atoms with Gasteiger partial charge in [0.2, 0.25) is 0 Å². The van der Waals surface area contributed by atoms with Crippen LogP contribution in [-0.4, -0.2) is 55.8 Å². The van der Waals surface area contributed by atoms with Crippen LogP contribution in [0.2, 0.25) is 0 Å². The summed E-state index contributed by atoms with van der Waals surface area (Å²) >= 11 is 0. The molecule has 1 saturated heterocycles. The van der Waals surface area contributed by atoms with E-state index in [4.69, 9.17) is 0 Å². The van der Waals surface area contributed by atoms with Gasteiger partial charge in [-0.05, 0) is 31.7 Å². The highest BCUT2D eigenvalue weighted by molar-refractivity contribution is 6.04. The zero-order chi connectivity index (χ0) is 18.3. The molecule has 1 aliphatic heterocycles. The molecule has 1 aliphatic carbocycles. The van der Waals surface area contributed by atoms with Gasteiger partial charge in [-0.15, -0.1) is 0 Å². The number of nitrogens with one attached hydrogen (secondary N) is 1. The smallest absolute Gasteiger partial charge is 0.270 e. The number of hydrogen-bond donors (Lipinski definition) is 2. The highest BCUT2D eigenvalue weighted by Crippen LogP contribution is 2.29. The van der Waals surface area contributed by atoms with Gasteiger partial charge in [-0.3, -0.25) is 19.6 Å². The Balaban J connectivity index is 1.52. The zero-order valence-corrected chi connectivity index (χ0v) is 14.7. The van der Waals surface area contributed by atoms with E-state index in [-0.39, 0.29) is 17.6 Å². The van der Waals surface area contributed by atoms with Crippen LogP contribution in [-0.2, 0) is 12.8 Å². The average molecular weight is 354 g/mol. The normalized spacial score (nSPS) is 22.5. The number of aliphatic hydroxyl groups excluding tert-OH is 1. The van der Waals surface area contributed by atoms with Gasteiger partial charge in [0, 0.05) is 55.3 Å². The van der Waals surface area contributed by atoms with Crippen LogP contribution in [0.5, 0.6) is 0 Å². The predicted octanol–water partition coefficient (Wildman–Crippen LogP) is 1.31. The molecule has 1 fully saturated rings. The van der Waals surface area contributed by atoms with E-state index in [2.05, 4.69) is 15.0 Å². The molecule has 2 atom stereocenters. The molecule has 0 unspecified atom stereocenters. The molecule has 0 aromatic carbocycles. The Labute approximate surface area is 151 Å². The molecule has 26 heavy (non-hydrogen) atoms. The van der Waals surface area contributed by atoms with Gasteiger partial charge in [0.15, 0.2) is 5.78 Å². The zero-order valence-electron chi connectivity index (χ0n) is 14.7. The van der Waals surface area contributed by atoms with Crippen molar-refractivity contribution in [2.75, 3.05) is 13.1 Å². The summed E-state index contributed by atoms with van der Waals surface area (Å²) in [5, 5.41) is 10.4. The van der Waals surface area contributed by atoms with Crippen LogP contribution in [0.1, 0.15) is 50.6 Å². The summed E-state index contributed by atoms with van der Waals surface area (Å²) in [5.41, 5.74) is 3.59. The van der Waals surface area contributed by atoms with Crippen LogP contribution in [0.3, 0.4) is 0 Å². The van der Waals surface area contributed by atoms with E-state index in [1.165, 1.54) is 0 Å². The van der Waals surface area contributed by atoms with Crippen molar-refractivity contribution in [2.24, 2.45) is 5.92 Å². The maximum absolute atomic E-state index is 13.0. The van der Waals surface area contributed by atoms with Gasteiger partial charge in [0.05, 0.1) is 11.8 Å². The molecule has 1 amide bonds. The van der Waals surface area contributed by atoms with E-state index in [9.17, 15) is 14.7 Å². The summed E-state index contributed by atoms with van der Waals surface area (Å²) in [6.45, 7) is 2.59. The van der Waals surface area contributed by atoms with E-state index < -0.39 is 6.10 Å². The predicted molar refractivity (Wildman–Crippen MR) is 93.9 cm³/mol. The summed E-state index contributed by atoms with van der Waals surface area (Å²) in [4.78, 5) is 38.3. The van der Waals surface area contributed by atoms with Crippen molar-refractivity contribution < 1.29 is 14.7 Å². The van der Waals surface area contributed by atoms with Crippen molar-refractivity contribution in [2.45, 2.75) is 38.7 Å². The molecule has 0 spiro atoms. The first-order valence-electron chi connectivity index (χ1n) is 9.01. The molecule has 4 rings (SSSR count). The second-order valence-corrected chi connectivity index (χ2v) is 7.19. The quantitative estimate of drug-likeness (QED) is 0.866. The number of aliphatic hydroxyl groups is 1. The van der Waals surface area contributed by atoms with Gasteiger partial charge < -0.3 is 15.0 Å². The fraction of sp³-hybridized carbons (Fsp3) is 0.474. The summed E-state index contributed by atoms with van der Waals surface area (Å²) in [5.74, 6) is -0.103. The number of Topliss-reactive ketones (excluding diaryl/α,β-unsaturated/α-hetero) is 1. The molecule has 0 radical (unpaired) electrons. The first-order valence-corrected chi connectivity index (χ1v) is 9.01. The fourth-order valence-corrected chi connectivity index (χ4v) is 4.07. The Bertz CT molecular complexity index is 846. The number of fused-ring (bicyclic) bond motifs is 1. The Morgan fingerprint density at radius 3 is 2.92 bits per heavy atom. The minimum absolute atomic E-state index is 0.0674. The third kappa shape index (κ3) is 2.92. The molecule has 2 aromatic rings. The largest absolute Gasteiger partial charge is 0.391 e. The number of H-pyrrole nitrogens is 1. The number of aryl methyl sites for hydroxylation is 1. The van der Waals surface area contributed by atoms with Crippen LogP contribution >= 0.6 is 0 Å². The number of rotatable bonds is 3. The standard InChI is InChI=1S/C19H22N4O3/c1-11-17-14(3-2-4-15(17)24)22-18(11)19(26)23-9-12(16(25)10-23)7-13-8-20-5-6-21-13/h5-6,8,12,16,22,25H,2-4,7,9-10H2,1H3/t12-,16-/m1/s1. The number of aromatic amines is 1. The Kier molecular flexibility index (Phi) is 4.32. The Morgan fingerprint density at radius 2 is 2.19 bits per heavy atom. The first kappa shape index (κ1) is 16.9. The maximum Gasteiger partial charge on any atom is 0.270 e. The molecule has 2 N–H and O–H groups in total. The van der Waals surface area contributed by atoms with Crippen molar-refractivity contribution in [3.05, 3.63) is 46.8 Å². The summed E-state index contributed by atoms with van der Waals surface area (Å²) < 4.78 is 0. The van der Waals surface area contributed by atoms with Gasteiger partial charge in [0.25, 0.3) is 5.91 Å². The second-order valence-electron chi connectivity index (χ2n) is 7.19. The van der Waals surface area contributed by atoms with Gasteiger partial charge in [-0.2, -0.15) is 0 Å². The third-order valence-corrected chi connectivity index (χ3v) is 5.43. The lowest BCUT2D eigenvalue weighted by molar-refractivity contribution is 0.0758. The van der Waals surface area contributed by atoms with Crippen LogP contribution in [0, 0.1) is 12.8 Å². The lowest BCUT2D eigenvalue weighted by atomic mass is 9.94. The number of β-amino-alcohol motifs (C(OH)–C–C–N with tert-alkyl or cyclic N) is 1. The van der Waals surface area contributed by atoms with Crippen LogP contribution in [0.25, 0.3) is 0 Å². The highest BCUT2D eigenvalue weighted by atomic mass is 16.3. The molecular weight excluding hydrogens is 332 g/mol. The average Bonchev–Trinajstić information content (AvgIpc) is 3.17. The summed E-state index contributed by atoms with van der Waals surface area (Å²) in [6.07, 6.45) is 7.08. The molecule has 136 valence electrons. The molecule has 2 aromatic heterocycles. The van der Waals surface area contributed by atoms with Gasteiger partial charge in [-0.25, -0.2) is 0 Å². The van der Waals surface area contributed by atoms with Crippen molar-refractivity contribution in [3.8, 4) is 0 Å². The van der Waals surface area contributed by atoms with Crippen molar-refractivity contribution in [3.63, 3.8) is 0 Å². The monoisotopic (exact) mass is 354 g/mol. The lowest BCUT2D eigenvalue weighted by Crippen LogP contribution is -2.30. The number of carbonyl (C=O) groups excluding carboxylic acids is 2. The number of ketones is 1. The Hall–Kier alpha value is -2.54. The number of nitrogens with zero attached hydrogens (tertiary/aromatic N) is 3. The number of amides is 1. The van der Waals surface area contributed by atoms with E-state index in [0.29, 0.717) is 37.2 Å². The molecular formula is C19H22N4O3. The van der Waals surface area contributed by atoms with Crippen molar-refractivity contribution in [1.82, 2.24) is 19.9 Å². The van der Waals surface area contributed by atoms with Crippen LogP contribution in [0.15, 0.2) is 18.6 Å². The fourth-order valence-electron chi connectivity index (χ4n) is 4.07. The van der Waals surface area contributed by atoms with Gasteiger partial charge in [-0.1, -0.05) is 0 Å². The second kappa shape index (κ2) is 6.64. The maximum atomic E-state index is 13.0. The Morgan fingerprint density at radius 1 is 1.35 bits per heavy atom. The van der Waals surface area contributed by atoms with E-state index in [1.807, 2.05) is 6.92 Å². The summed E-state index contributed by atoms with van der Waals surface area (Å²) in [6, 6.07) is 0. The third-order valence-electron chi connectivity index (χ3n) is 5.43. The van der Waals surface area contributed by atoms with Crippen LogP contribution in [0.4, 0.5) is 0 Å². The van der Waals surface area contributed by atoms with Gasteiger partial charge >= 0.3 is 0 Å². The van der Waals surface area contributed by atoms with E-state index >= 15 is 0 Å². The molecule has 7 nitrogen and oxygen atoms in total. The lowest BCUT2D eigenvalue weighted by Gasteiger charge is -2.16. The van der Waals surface area contributed by atoms with E-state index in [0.717, 1.165) is 29.8 Å². The summed E-state index contributed by atoms with van der Waals surface area (Å²) in [7, 11) is 0. The van der Waals surface area contributed by atoms with Crippen LogP contribution < -0.4 is 0 Å². The minimum atomic E-state index is -0.590. The number of aromatic nitrogens is 3. The molecule has 0 saturated carbocycles. The molecule has 2 aliphatic rings.